The maximum atomic E-state index is 11.7. The fourth-order valence-electron chi connectivity index (χ4n) is 1.67. The van der Waals surface area contributed by atoms with Gasteiger partial charge in [0.1, 0.15) is 10.6 Å². The number of anilines is 1. The summed E-state index contributed by atoms with van der Waals surface area (Å²) in [7, 11) is 0. The number of thiazole rings is 1. The van der Waals surface area contributed by atoms with Gasteiger partial charge in [-0.2, -0.15) is 5.10 Å². The third-order valence-corrected chi connectivity index (χ3v) is 4.78. The Morgan fingerprint density at radius 3 is 2.96 bits per heavy atom. The summed E-state index contributed by atoms with van der Waals surface area (Å²) in [6.45, 7) is 3.79. The number of benzene rings is 1. The van der Waals surface area contributed by atoms with Crippen LogP contribution in [0.1, 0.15) is 27.9 Å². The van der Waals surface area contributed by atoms with Crippen LogP contribution in [-0.2, 0) is 4.74 Å². The molecule has 0 spiro atoms. The summed E-state index contributed by atoms with van der Waals surface area (Å²) in [5, 5.41) is 14.4. The Hall–Kier alpha value is -1.45. The van der Waals surface area contributed by atoms with Crippen molar-refractivity contribution in [3.63, 3.8) is 0 Å². The van der Waals surface area contributed by atoms with Crippen LogP contribution in [-0.4, -0.2) is 28.9 Å². The smallest absolute Gasteiger partial charge is 0.350 e. The van der Waals surface area contributed by atoms with E-state index >= 15 is 0 Å². The maximum Gasteiger partial charge on any atom is 0.350 e. The highest BCUT2D eigenvalue weighted by atomic mass is 79.9. The van der Waals surface area contributed by atoms with Crippen LogP contribution in [0.2, 0.25) is 0 Å². The minimum Gasteiger partial charge on any atom is -0.506 e. The highest BCUT2D eigenvalue weighted by Crippen LogP contribution is 2.30. The Morgan fingerprint density at radius 1 is 1.52 bits per heavy atom. The standard InChI is InChI=1S/C14H13Br2N3O3S/c1-3-22-13(21)12-7(2)18-14(23-12)19-17-6-8-4-9(15)5-10(16)11(8)20/h4-6,20H,3H2,1-2H3,(H,18,19)/b17-6+. The number of esters is 1. The fourth-order valence-corrected chi connectivity index (χ4v) is 3.74. The minimum absolute atomic E-state index is 0.0845. The van der Waals surface area contributed by atoms with Crippen molar-refractivity contribution in [1.29, 1.82) is 0 Å². The predicted octanol–water partition coefficient (Wildman–Crippen LogP) is 4.30. The molecule has 0 saturated heterocycles. The summed E-state index contributed by atoms with van der Waals surface area (Å²) in [6, 6.07) is 3.46. The quantitative estimate of drug-likeness (QED) is 0.393. The SMILES string of the molecule is CCOC(=O)c1sc(N/N=C/c2cc(Br)cc(Br)c2O)nc1C. The zero-order valence-electron chi connectivity index (χ0n) is 12.3. The normalized spacial score (nSPS) is 11.0. The molecule has 0 radical (unpaired) electrons. The van der Waals surface area contributed by atoms with Gasteiger partial charge >= 0.3 is 5.97 Å². The summed E-state index contributed by atoms with van der Waals surface area (Å²) in [6.07, 6.45) is 1.46. The van der Waals surface area contributed by atoms with E-state index in [-0.39, 0.29) is 5.75 Å². The number of hydrogen-bond donors (Lipinski definition) is 2. The highest BCUT2D eigenvalue weighted by Gasteiger charge is 2.16. The molecular weight excluding hydrogens is 450 g/mol. The monoisotopic (exact) mass is 461 g/mol. The molecule has 0 unspecified atom stereocenters. The molecule has 0 aliphatic rings. The number of rotatable bonds is 5. The third-order valence-electron chi connectivity index (χ3n) is 2.68. The molecule has 1 heterocycles. The molecule has 0 aliphatic heterocycles. The van der Waals surface area contributed by atoms with Crippen molar-refractivity contribution in [1.82, 2.24) is 4.98 Å². The van der Waals surface area contributed by atoms with Gasteiger partial charge in [0.05, 0.1) is 23.0 Å². The maximum absolute atomic E-state index is 11.7. The Kier molecular flexibility index (Phi) is 6.14. The molecular formula is C14H13Br2N3O3S. The number of nitrogens with zero attached hydrogens (tertiary/aromatic N) is 2. The lowest BCUT2D eigenvalue weighted by atomic mass is 10.2. The van der Waals surface area contributed by atoms with Gasteiger partial charge in [0.2, 0.25) is 5.13 Å². The van der Waals surface area contributed by atoms with Gasteiger partial charge in [-0.3, -0.25) is 5.43 Å². The van der Waals surface area contributed by atoms with Crippen LogP contribution in [0.15, 0.2) is 26.2 Å². The van der Waals surface area contributed by atoms with Crippen LogP contribution in [0.3, 0.4) is 0 Å². The number of phenolic OH excluding ortho intramolecular Hbond substituents is 1. The number of nitrogens with one attached hydrogen (secondary N) is 1. The topological polar surface area (TPSA) is 83.8 Å². The molecule has 2 N–H and O–H groups in total. The van der Waals surface area contributed by atoms with Crippen LogP contribution in [0, 0.1) is 6.92 Å². The van der Waals surface area contributed by atoms with Gasteiger partial charge < -0.3 is 9.84 Å². The fraction of sp³-hybridized carbons (Fsp3) is 0.214. The molecule has 2 aromatic rings. The number of ether oxygens (including phenoxy) is 1. The number of hydrogen-bond acceptors (Lipinski definition) is 7. The van der Waals surface area contributed by atoms with E-state index in [0.717, 1.165) is 15.8 Å². The van der Waals surface area contributed by atoms with Crippen molar-refractivity contribution in [2.24, 2.45) is 5.10 Å². The van der Waals surface area contributed by atoms with Gasteiger partial charge in [-0.25, -0.2) is 9.78 Å². The van der Waals surface area contributed by atoms with Crippen molar-refractivity contribution in [3.8, 4) is 5.75 Å². The van der Waals surface area contributed by atoms with Gasteiger partial charge in [-0.15, -0.1) is 0 Å². The van der Waals surface area contributed by atoms with Crippen molar-refractivity contribution in [2.45, 2.75) is 13.8 Å². The van der Waals surface area contributed by atoms with Crippen molar-refractivity contribution in [3.05, 3.63) is 37.2 Å². The minimum atomic E-state index is -0.395. The summed E-state index contributed by atoms with van der Waals surface area (Å²) < 4.78 is 6.32. The van der Waals surface area contributed by atoms with E-state index in [2.05, 4.69) is 47.4 Å². The second kappa shape index (κ2) is 7.89. The van der Waals surface area contributed by atoms with Crippen LogP contribution < -0.4 is 5.43 Å². The first-order chi connectivity index (χ1) is 10.9. The molecule has 1 aromatic carbocycles. The first kappa shape index (κ1) is 17.9. The average molecular weight is 463 g/mol. The molecule has 0 aliphatic carbocycles. The average Bonchev–Trinajstić information content (AvgIpc) is 2.85. The predicted molar refractivity (Wildman–Crippen MR) is 97.5 cm³/mol. The van der Waals surface area contributed by atoms with Crippen molar-refractivity contribution >= 4 is 60.5 Å². The number of aromatic hydroxyl groups is 1. The van der Waals surface area contributed by atoms with E-state index in [4.69, 9.17) is 4.74 Å². The van der Waals surface area contributed by atoms with Crippen molar-refractivity contribution in [2.75, 3.05) is 12.0 Å². The van der Waals surface area contributed by atoms with E-state index in [1.165, 1.54) is 6.21 Å². The molecule has 23 heavy (non-hydrogen) atoms. The van der Waals surface area contributed by atoms with Gasteiger partial charge in [0, 0.05) is 10.0 Å². The summed E-state index contributed by atoms with van der Waals surface area (Å²) >= 11 is 7.76. The Labute approximate surface area is 153 Å². The second-order valence-corrected chi connectivity index (χ2v) is 7.12. The molecule has 0 saturated carbocycles. The Balaban J connectivity index is 2.12. The Bertz CT molecular complexity index is 762. The summed E-state index contributed by atoms with van der Waals surface area (Å²) in [5.41, 5.74) is 3.85. The van der Waals surface area contributed by atoms with Gasteiger partial charge in [-0.05, 0) is 41.9 Å². The molecule has 0 bridgehead atoms. The van der Waals surface area contributed by atoms with Crippen LogP contribution >= 0.6 is 43.2 Å². The molecule has 0 amide bonds. The lowest BCUT2D eigenvalue weighted by molar-refractivity contribution is 0.0531. The number of phenols is 1. The third kappa shape index (κ3) is 4.52. The highest BCUT2D eigenvalue weighted by molar-refractivity contribution is 9.11. The summed E-state index contributed by atoms with van der Waals surface area (Å²) in [4.78, 5) is 16.4. The lowest BCUT2D eigenvalue weighted by Gasteiger charge is -2.02. The number of halogens is 2. The van der Waals surface area contributed by atoms with Crippen LogP contribution in [0.4, 0.5) is 5.13 Å². The van der Waals surface area contributed by atoms with E-state index in [1.807, 2.05) is 0 Å². The largest absolute Gasteiger partial charge is 0.506 e. The zero-order valence-corrected chi connectivity index (χ0v) is 16.2. The van der Waals surface area contributed by atoms with Crippen molar-refractivity contribution < 1.29 is 14.6 Å². The van der Waals surface area contributed by atoms with E-state index in [9.17, 15) is 9.90 Å². The number of carbonyl (C=O) groups is 1. The van der Waals surface area contributed by atoms with Gasteiger partial charge in [-0.1, -0.05) is 27.3 Å². The first-order valence-corrected chi connectivity index (χ1v) is 8.94. The van der Waals surface area contributed by atoms with E-state index in [1.54, 1.807) is 26.0 Å². The summed E-state index contributed by atoms with van der Waals surface area (Å²) in [5.74, 6) is -0.311. The number of aryl methyl sites for hydroxylation is 1. The molecule has 0 fully saturated rings. The van der Waals surface area contributed by atoms with E-state index in [0.29, 0.717) is 32.3 Å². The van der Waals surface area contributed by atoms with Gasteiger partial charge in [0.25, 0.3) is 0 Å². The lowest BCUT2D eigenvalue weighted by Crippen LogP contribution is -2.03. The molecule has 2 rings (SSSR count). The Morgan fingerprint density at radius 2 is 2.26 bits per heavy atom. The molecule has 122 valence electrons. The van der Waals surface area contributed by atoms with Crippen LogP contribution in [0.5, 0.6) is 5.75 Å². The number of aromatic nitrogens is 1. The van der Waals surface area contributed by atoms with Gasteiger partial charge in [0.15, 0.2) is 0 Å². The second-order valence-electron chi connectivity index (χ2n) is 4.35. The van der Waals surface area contributed by atoms with E-state index < -0.39 is 5.97 Å². The zero-order chi connectivity index (χ0) is 17.0. The molecule has 9 heteroatoms. The van der Waals surface area contributed by atoms with Crippen LogP contribution in [0.25, 0.3) is 0 Å². The number of hydrazone groups is 1. The molecule has 0 atom stereocenters. The number of carbonyl (C=O) groups excluding carboxylic acids is 1. The molecule has 6 nitrogen and oxygen atoms in total. The molecule has 1 aromatic heterocycles. The first-order valence-electron chi connectivity index (χ1n) is 6.54.